The number of anilines is 1. The van der Waals surface area contributed by atoms with Gasteiger partial charge in [0, 0.05) is 19.3 Å². The molecule has 2 rings (SSSR count). The van der Waals surface area contributed by atoms with Gasteiger partial charge < -0.3 is 19.7 Å². The summed E-state index contributed by atoms with van der Waals surface area (Å²) in [6.07, 6.45) is 2.10. The van der Waals surface area contributed by atoms with Crippen LogP contribution in [0.2, 0.25) is 0 Å². The normalized spacial score (nSPS) is 17.1. The van der Waals surface area contributed by atoms with Gasteiger partial charge in [-0.05, 0) is 64.0 Å². The summed E-state index contributed by atoms with van der Waals surface area (Å²) >= 11 is 0. The number of carbonyl (C=O) groups is 1. The Balaban J connectivity index is 1.89. The molecule has 0 heterocycles. The van der Waals surface area contributed by atoms with Crippen LogP contribution >= 0.6 is 0 Å². The van der Waals surface area contributed by atoms with Crippen molar-refractivity contribution < 1.29 is 14.3 Å². The number of likely N-dealkylation sites (N-methyl/N-ethyl adjacent to an activating group) is 1. The van der Waals surface area contributed by atoms with Crippen LogP contribution in [0.25, 0.3) is 0 Å². The van der Waals surface area contributed by atoms with Gasteiger partial charge in [-0.1, -0.05) is 0 Å². The van der Waals surface area contributed by atoms with E-state index in [1.807, 2.05) is 45.3 Å². The van der Waals surface area contributed by atoms with E-state index in [1.165, 1.54) is 0 Å². The Labute approximate surface area is 132 Å². The van der Waals surface area contributed by atoms with Gasteiger partial charge in [-0.15, -0.1) is 0 Å². The molecule has 0 bridgehead atoms. The summed E-state index contributed by atoms with van der Waals surface area (Å²) in [6, 6.07) is 7.44. The van der Waals surface area contributed by atoms with E-state index >= 15 is 0 Å². The highest BCUT2D eigenvalue weighted by Crippen LogP contribution is 2.42. The number of methoxy groups -OCH3 is 1. The van der Waals surface area contributed by atoms with E-state index in [2.05, 4.69) is 10.2 Å². The zero-order chi connectivity index (χ0) is 16.2. The number of rotatable bonds is 8. The Morgan fingerprint density at radius 1 is 1.32 bits per heavy atom. The Morgan fingerprint density at radius 2 is 1.95 bits per heavy atom. The van der Waals surface area contributed by atoms with Gasteiger partial charge in [-0.2, -0.15) is 0 Å². The van der Waals surface area contributed by atoms with Crippen molar-refractivity contribution in [3.05, 3.63) is 24.3 Å². The molecule has 0 unspecified atom stereocenters. The van der Waals surface area contributed by atoms with Crippen molar-refractivity contribution in [1.29, 1.82) is 0 Å². The smallest absolute Gasteiger partial charge is 0.256 e. The van der Waals surface area contributed by atoms with Gasteiger partial charge in [-0.25, -0.2) is 0 Å². The van der Waals surface area contributed by atoms with Gasteiger partial charge >= 0.3 is 0 Å². The summed E-state index contributed by atoms with van der Waals surface area (Å²) < 4.78 is 11.1. The highest BCUT2D eigenvalue weighted by Gasteiger charge is 2.47. The summed E-state index contributed by atoms with van der Waals surface area (Å²) in [7, 11) is 5.61. The van der Waals surface area contributed by atoms with Gasteiger partial charge in [0.1, 0.15) is 18.0 Å². The SMILES string of the molecule is CO[C@](C)(C(=O)Nc1ccc(OCCN(C)C)cc1)C1CC1. The van der Waals surface area contributed by atoms with Gasteiger partial charge in [0.15, 0.2) is 0 Å². The number of nitrogens with zero attached hydrogens (tertiary/aromatic N) is 1. The molecule has 0 radical (unpaired) electrons. The number of nitrogens with one attached hydrogen (secondary N) is 1. The van der Waals surface area contributed by atoms with Crippen LogP contribution in [0, 0.1) is 5.92 Å². The van der Waals surface area contributed by atoms with Gasteiger partial charge in [0.2, 0.25) is 0 Å². The number of amides is 1. The molecule has 1 N–H and O–H groups in total. The average molecular weight is 306 g/mol. The van der Waals surface area contributed by atoms with Crippen LogP contribution in [0.3, 0.4) is 0 Å². The van der Waals surface area contributed by atoms with Crippen molar-refractivity contribution in [2.24, 2.45) is 5.92 Å². The van der Waals surface area contributed by atoms with Crippen LogP contribution < -0.4 is 10.1 Å². The molecule has 5 nitrogen and oxygen atoms in total. The van der Waals surface area contributed by atoms with Crippen LogP contribution in [-0.2, 0) is 9.53 Å². The number of carbonyl (C=O) groups excluding carboxylic acids is 1. The summed E-state index contributed by atoms with van der Waals surface area (Å²) in [5, 5.41) is 2.93. The second-order valence-electron chi connectivity index (χ2n) is 6.22. The first-order chi connectivity index (χ1) is 10.5. The van der Waals surface area contributed by atoms with Crippen LogP contribution in [0.1, 0.15) is 19.8 Å². The fourth-order valence-corrected chi connectivity index (χ4v) is 2.31. The molecule has 1 atom stereocenters. The Kier molecular flexibility index (Phi) is 5.42. The Morgan fingerprint density at radius 3 is 2.45 bits per heavy atom. The zero-order valence-electron chi connectivity index (χ0n) is 13.9. The first-order valence-corrected chi connectivity index (χ1v) is 7.70. The molecule has 1 aromatic carbocycles. The van der Waals surface area contributed by atoms with E-state index in [0.717, 1.165) is 30.8 Å². The first kappa shape index (κ1) is 16.8. The maximum atomic E-state index is 12.4. The third-order valence-electron chi connectivity index (χ3n) is 4.15. The molecular formula is C17H26N2O3. The first-order valence-electron chi connectivity index (χ1n) is 7.70. The predicted octanol–water partition coefficient (Wildman–Crippen LogP) is 2.38. The molecule has 1 aliphatic rings. The lowest BCUT2D eigenvalue weighted by atomic mass is 9.99. The van der Waals surface area contributed by atoms with Crippen LogP contribution in [0.15, 0.2) is 24.3 Å². The predicted molar refractivity (Wildman–Crippen MR) is 87.3 cm³/mol. The molecule has 0 spiro atoms. The van der Waals surface area contributed by atoms with E-state index in [-0.39, 0.29) is 5.91 Å². The van der Waals surface area contributed by atoms with E-state index in [1.54, 1.807) is 7.11 Å². The number of benzene rings is 1. The lowest BCUT2D eigenvalue weighted by Crippen LogP contribution is -2.44. The fourth-order valence-electron chi connectivity index (χ4n) is 2.31. The zero-order valence-corrected chi connectivity index (χ0v) is 13.9. The third kappa shape index (κ3) is 4.21. The molecule has 1 amide bonds. The minimum atomic E-state index is -0.735. The molecule has 0 aliphatic heterocycles. The molecule has 1 saturated carbocycles. The maximum absolute atomic E-state index is 12.4. The number of ether oxygens (including phenoxy) is 2. The summed E-state index contributed by atoms with van der Waals surface area (Å²) in [6.45, 7) is 3.37. The lowest BCUT2D eigenvalue weighted by molar-refractivity contribution is -0.138. The van der Waals surface area contributed by atoms with Gasteiger partial charge in [0.05, 0.1) is 0 Å². The van der Waals surface area contributed by atoms with Crippen LogP contribution in [-0.4, -0.2) is 50.8 Å². The molecule has 0 saturated heterocycles. The van der Waals surface area contributed by atoms with Gasteiger partial charge in [0.25, 0.3) is 5.91 Å². The van der Waals surface area contributed by atoms with E-state index in [9.17, 15) is 4.79 Å². The van der Waals surface area contributed by atoms with Crippen molar-refractivity contribution >= 4 is 11.6 Å². The summed E-state index contributed by atoms with van der Waals surface area (Å²) in [5.74, 6) is 1.04. The van der Waals surface area contributed by atoms with Crippen molar-refractivity contribution in [2.45, 2.75) is 25.4 Å². The fraction of sp³-hybridized carbons (Fsp3) is 0.588. The molecular weight excluding hydrogens is 280 g/mol. The topological polar surface area (TPSA) is 50.8 Å². The highest BCUT2D eigenvalue weighted by atomic mass is 16.5. The Bertz CT molecular complexity index is 497. The molecule has 5 heteroatoms. The second kappa shape index (κ2) is 7.11. The van der Waals surface area contributed by atoms with E-state index in [4.69, 9.17) is 9.47 Å². The van der Waals surface area contributed by atoms with Crippen molar-refractivity contribution in [2.75, 3.05) is 39.7 Å². The quantitative estimate of drug-likeness (QED) is 0.801. The van der Waals surface area contributed by atoms with Crippen LogP contribution in [0.4, 0.5) is 5.69 Å². The molecule has 0 aromatic heterocycles. The maximum Gasteiger partial charge on any atom is 0.256 e. The number of hydrogen-bond donors (Lipinski definition) is 1. The largest absolute Gasteiger partial charge is 0.492 e. The molecule has 1 fully saturated rings. The second-order valence-corrected chi connectivity index (χ2v) is 6.22. The van der Waals surface area contributed by atoms with Gasteiger partial charge in [-0.3, -0.25) is 4.79 Å². The molecule has 1 aromatic rings. The standard InChI is InChI=1S/C17H26N2O3/c1-17(21-4,13-5-6-13)16(20)18-14-7-9-15(10-8-14)22-12-11-19(2)3/h7-10,13H,5-6,11-12H2,1-4H3,(H,18,20)/t17-/m0/s1. The average Bonchev–Trinajstić information content (AvgIpc) is 3.33. The molecule has 1 aliphatic carbocycles. The monoisotopic (exact) mass is 306 g/mol. The molecule has 22 heavy (non-hydrogen) atoms. The van der Waals surface area contributed by atoms with Crippen molar-refractivity contribution in [1.82, 2.24) is 4.90 Å². The number of hydrogen-bond acceptors (Lipinski definition) is 4. The van der Waals surface area contributed by atoms with Crippen molar-refractivity contribution in [3.8, 4) is 5.75 Å². The highest BCUT2D eigenvalue weighted by molar-refractivity contribution is 5.97. The summed E-state index contributed by atoms with van der Waals surface area (Å²) in [4.78, 5) is 14.5. The third-order valence-corrected chi connectivity index (χ3v) is 4.15. The van der Waals surface area contributed by atoms with E-state index < -0.39 is 5.60 Å². The minimum absolute atomic E-state index is 0.0845. The lowest BCUT2D eigenvalue weighted by Gasteiger charge is -2.26. The molecule has 122 valence electrons. The summed E-state index contributed by atoms with van der Waals surface area (Å²) in [5.41, 5.74) is 0.0230. The Hall–Kier alpha value is -1.59. The van der Waals surface area contributed by atoms with E-state index in [0.29, 0.717) is 12.5 Å². The minimum Gasteiger partial charge on any atom is -0.492 e. The van der Waals surface area contributed by atoms with Crippen molar-refractivity contribution in [3.63, 3.8) is 0 Å². The van der Waals surface area contributed by atoms with Crippen LogP contribution in [0.5, 0.6) is 5.75 Å².